The fourth-order valence-electron chi connectivity index (χ4n) is 7.01. The topological polar surface area (TPSA) is 82.1 Å². The van der Waals surface area contributed by atoms with Crippen molar-refractivity contribution in [1.82, 2.24) is 0 Å². The quantitative estimate of drug-likeness (QED) is 0.633. The van der Waals surface area contributed by atoms with E-state index >= 15 is 0 Å². The summed E-state index contributed by atoms with van der Waals surface area (Å²) in [6.45, 7) is 14.1. The van der Waals surface area contributed by atoms with Crippen LogP contribution in [0.3, 0.4) is 0 Å². The van der Waals surface area contributed by atoms with E-state index in [1.165, 1.54) is 6.07 Å². The van der Waals surface area contributed by atoms with Gasteiger partial charge in [0.15, 0.2) is 5.60 Å². The zero-order valence-electron chi connectivity index (χ0n) is 20.9. The number of hydrogen-bond acceptors (Lipinski definition) is 6. The maximum Gasteiger partial charge on any atom is 0.213 e. The first kappa shape index (κ1) is 21.9. The van der Waals surface area contributed by atoms with Gasteiger partial charge in [-0.15, -0.1) is 0 Å². The number of aromatic hydroxyl groups is 1. The number of carbonyl (C=O) groups excluding carboxylic acids is 2. The van der Waals surface area contributed by atoms with Gasteiger partial charge in [0.25, 0.3) is 0 Å². The summed E-state index contributed by atoms with van der Waals surface area (Å²) < 4.78 is 19.4. The SMILES string of the molecule is CC(C)=CCC12OC(C)(C)C3CC4(Oc5c(c(O)cc6c5C(C)(C)[C@@H](C)O6)C(=O)C4=CC31)C2=O. The molecule has 0 radical (unpaired) electrons. The fraction of sp³-hybridized carbons (Fsp3) is 0.571. The van der Waals surface area contributed by atoms with Crippen molar-refractivity contribution in [2.24, 2.45) is 11.8 Å². The molecule has 1 N–H and O–H groups in total. The number of rotatable bonds is 2. The van der Waals surface area contributed by atoms with Crippen LogP contribution in [0.5, 0.6) is 17.2 Å². The number of ether oxygens (including phenoxy) is 3. The highest BCUT2D eigenvalue weighted by atomic mass is 16.6. The van der Waals surface area contributed by atoms with Crippen LogP contribution in [-0.4, -0.2) is 39.6 Å². The molecule has 3 aliphatic heterocycles. The Morgan fingerprint density at radius 2 is 1.91 bits per heavy atom. The monoisotopic (exact) mass is 464 g/mol. The minimum atomic E-state index is -1.42. The molecule has 7 rings (SSSR count). The van der Waals surface area contributed by atoms with Gasteiger partial charge in [0.1, 0.15) is 34.5 Å². The predicted octanol–water partition coefficient (Wildman–Crippen LogP) is 4.81. The molecule has 4 bridgehead atoms. The van der Waals surface area contributed by atoms with Gasteiger partial charge < -0.3 is 19.3 Å². The molecule has 1 saturated carbocycles. The molecule has 1 spiro atoms. The zero-order valence-corrected chi connectivity index (χ0v) is 20.9. The molecule has 6 aliphatic rings. The van der Waals surface area contributed by atoms with Gasteiger partial charge in [-0.05, 0) is 34.6 Å². The third kappa shape index (κ3) is 2.31. The highest BCUT2D eigenvalue weighted by molar-refractivity contribution is 6.21. The molecule has 0 amide bonds. The smallest absolute Gasteiger partial charge is 0.213 e. The second-order valence-corrected chi connectivity index (χ2v) is 12.0. The molecule has 34 heavy (non-hydrogen) atoms. The van der Waals surface area contributed by atoms with Crippen LogP contribution in [0.1, 0.15) is 77.2 Å². The van der Waals surface area contributed by atoms with Gasteiger partial charge >= 0.3 is 0 Å². The Balaban J connectivity index is 1.60. The molecular weight excluding hydrogens is 432 g/mol. The summed E-state index contributed by atoms with van der Waals surface area (Å²) in [6.07, 6.45) is 4.62. The van der Waals surface area contributed by atoms with Crippen LogP contribution in [0.15, 0.2) is 29.4 Å². The van der Waals surface area contributed by atoms with Crippen molar-refractivity contribution in [2.45, 2.75) is 89.6 Å². The molecule has 0 aromatic heterocycles. The van der Waals surface area contributed by atoms with E-state index in [4.69, 9.17) is 14.2 Å². The Kier molecular flexibility index (Phi) is 3.96. The highest BCUT2D eigenvalue weighted by Gasteiger charge is 2.76. The molecule has 1 aromatic carbocycles. The summed E-state index contributed by atoms with van der Waals surface area (Å²) in [6, 6.07) is 1.51. The molecule has 6 heteroatoms. The maximum absolute atomic E-state index is 14.4. The van der Waals surface area contributed by atoms with Crippen molar-refractivity contribution in [3.05, 3.63) is 40.5 Å². The first-order valence-corrected chi connectivity index (χ1v) is 12.2. The second kappa shape index (κ2) is 6.14. The number of phenols is 1. The van der Waals surface area contributed by atoms with Crippen molar-refractivity contribution in [3.63, 3.8) is 0 Å². The van der Waals surface area contributed by atoms with Gasteiger partial charge in [-0.3, -0.25) is 9.59 Å². The number of ketones is 2. The lowest BCUT2D eigenvalue weighted by molar-refractivity contribution is -0.166. The minimum Gasteiger partial charge on any atom is -0.507 e. The number of Topliss-reactive ketones (excluding diaryl/α,β-unsaturated/α-hetero) is 2. The summed E-state index contributed by atoms with van der Waals surface area (Å²) in [7, 11) is 0. The summed E-state index contributed by atoms with van der Waals surface area (Å²) >= 11 is 0. The van der Waals surface area contributed by atoms with Crippen LogP contribution < -0.4 is 9.47 Å². The van der Waals surface area contributed by atoms with E-state index in [0.717, 1.165) is 11.1 Å². The summed E-state index contributed by atoms with van der Waals surface area (Å²) in [5.41, 5.74) is -1.16. The Morgan fingerprint density at radius 3 is 2.59 bits per heavy atom. The Hall–Kier alpha value is -2.60. The van der Waals surface area contributed by atoms with Crippen LogP contribution >= 0.6 is 0 Å². The molecule has 3 aliphatic carbocycles. The van der Waals surface area contributed by atoms with Gasteiger partial charge in [0, 0.05) is 47.3 Å². The Labute approximate surface area is 200 Å². The molecule has 180 valence electrons. The lowest BCUT2D eigenvalue weighted by Crippen LogP contribution is -2.68. The van der Waals surface area contributed by atoms with Crippen molar-refractivity contribution in [3.8, 4) is 17.2 Å². The van der Waals surface area contributed by atoms with Crippen LogP contribution in [0, 0.1) is 11.8 Å². The standard InChI is InChI=1S/C28H32O6/c1-13(2)8-9-27-15-10-16-22(30)20-18(29)11-19-21(25(4,5)14(3)32-19)23(20)33-28(16,24(27)31)12-17(15)26(6,7)34-27/h8,10-11,14-15,17,29H,9,12H2,1-7H3/t14-,15?,17?,27?,28?/m1/s1. The van der Waals surface area contributed by atoms with Crippen LogP contribution in [-0.2, 0) is 14.9 Å². The number of phenolic OH excluding ortho intramolecular Hbond substituents is 1. The van der Waals surface area contributed by atoms with E-state index in [1.54, 1.807) is 0 Å². The van der Waals surface area contributed by atoms with Crippen molar-refractivity contribution in [1.29, 1.82) is 0 Å². The molecule has 1 saturated heterocycles. The zero-order chi connectivity index (χ0) is 24.6. The van der Waals surface area contributed by atoms with Gasteiger partial charge in [0.2, 0.25) is 11.6 Å². The van der Waals surface area contributed by atoms with Crippen LogP contribution in [0.4, 0.5) is 0 Å². The number of fused-ring (bicyclic) bond motifs is 3. The maximum atomic E-state index is 14.4. The summed E-state index contributed by atoms with van der Waals surface area (Å²) in [5.74, 6) is -0.0785. The lowest BCUT2D eigenvalue weighted by atomic mass is 9.53. The predicted molar refractivity (Wildman–Crippen MR) is 126 cm³/mol. The van der Waals surface area contributed by atoms with Crippen molar-refractivity contribution < 1.29 is 28.9 Å². The first-order chi connectivity index (χ1) is 15.8. The summed E-state index contributed by atoms with van der Waals surface area (Å²) in [5, 5.41) is 10.8. The van der Waals surface area contributed by atoms with Crippen LogP contribution in [0.2, 0.25) is 0 Å². The number of allylic oxidation sites excluding steroid dienone is 1. The second-order valence-electron chi connectivity index (χ2n) is 12.0. The van der Waals surface area contributed by atoms with E-state index in [1.807, 2.05) is 60.6 Å². The van der Waals surface area contributed by atoms with E-state index in [0.29, 0.717) is 24.2 Å². The number of carbonyl (C=O) groups is 2. The minimum absolute atomic E-state index is 0.0300. The third-order valence-electron chi connectivity index (χ3n) is 9.10. The van der Waals surface area contributed by atoms with Crippen molar-refractivity contribution in [2.75, 3.05) is 0 Å². The highest BCUT2D eigenvalue weighted by Crippen LogP contribution is 2.66. The lowest BCUT2D eigenvalue weighted by Gasteiger charge is -2.53. The Bertz CT molecular complexity index is 1250. The van der Waals surface area contributed by atoms with Crippen molar-refractivity contribution >= 4 is 11.6 Å². The largest absolute Gasteiger partial charge is 0.507 e. The molecule has 1 aromatic rings. The first-order valence-electron chi connectivity index (χ1n) is 12.2. The number of benzene rings is 1. The van der Waals surface area contributed by atoms with Gasteiger partial charge in [0.05, 0.1) is 5.60 Å². The fourth-order valence-corrected chi connectivity index (χ4v) is 7.01. The average Bonchev–Trinajstić information content (AvgIpc) is 3.08. The molecule has 3 heterocycles. The van der Waals surface area contributed by atoms with E-state index < -0.39 is 22.2 Å². The van der Waals surface area contributed by atoms with E-state index in [-0.39, 0.29) is 46.6 Å². The Morgan fingerprint density at radius 1 is 1.21 bits per heavy atom. The molecule has 4 unspecified atom stereocenters. The van der Waals surface area contributed by atoms with Crippen LogP contribution in [0.25, 0.3) is 0 Å². The molecule has 5 atom stereocenters. The summed E-state index contributed by atoms with van der Waals surface area (Å²) in [4.78, 5) is 28.3. The third-order valence-corrected chi connectivity index (χ3v) is 9.10. The molecule has 2 fully saturated rings. The van der Waals surface area contributed by atoms with Gasteiger partial charge in [-0.25, -0.2) is 0 Å². The number of hydrogen-bond donors (Lipinski definition) is 1. The molecular formula is C28H32O6. The average molecular weight is 465 g/mol. The van der Waals surface area contributed by atoms with E-state index in [9.17, 15) is 14.7 Å². The van der Waals surface area contributed by atoms with E-state index in [2.05, 4.69) is 0 Å². The molecule has 6 nitrogen and oxygen atoms in total. The van der Waals surface area contributed by atoms with Gasteiger partial charge in [-0.1, -0.05) is 31.6 Å². The normalized spacial score (nSPS) is 37.3. The van der Waals surface area contributed by atoms with Gasteiger partial charge in [-0.2, -0.15) is 0 Å².